The van der Waals surface area contributed by atoms with Crippen molar-refractivity contribution in [2.75, 3.05) is 13.6 Å². The second-order valence-electron chi connectivity index (χ2n) is 5.40. The fourth-order valence-corrected chi connectivity index (χ4v) is 2.79. The molecule has 17 heavy (non-hydrogen) atoms. The average Bonchev–Trinajstić information content (AvgIpc) is 2.67. The van der Waals surface area contributed by atoms with Gasteiger partial charge in [0.1, 0.15) is 0 Å². The highest BCUT2D eigenvalue weighted by atomic mass is 15.2. The van der Waals surface area contributed by atoms with Crippen molar-refractivity contribution in [1.82, 2.24) is 14.5 Å². The van der Waals surface area contributed by atoms with E-state index in [-0.39, 0.29) is 6.04 Å². The lowest BCUT2D eigenvalue weighted by Gasteiger charge is -2.31. The minimum absolute atomic E-state index is 0.219. The van der Waals surface area contributed by atoms with Crippen molar-refractivity contribution >= 4 is 0 Å². The van der Waals surface area contributed by atoms with E-state index in [0.717, 1.165) is 13.0 Å². The zero-order valence-electron chi connectivity index (χ0n) is 11.1. The van der Waals surface area contributed by atoms with Crippen LogP contribution in [0, 0.1) is 0 Å². The molecule has 0 aromatic carbocycles. The van der Waals surface area contributed by atoms with Gasteiger partial charge in [0.2, 0.25) is 0 Å². The van der Waals surface area contributed by atoms with E-state index in [9.17, 15) is 0 Å². The van der Waals surface area contributed by atoms with Crippen molar-refractivity contribution in [3.05, 3.63) is 18.2 Å². The number of likely N-dealkylation sites (N-methyl/N-ethyl adjacent to an activating group) is 1. The lowest BCUT2D eigenvalue weighted by atomic mass is 10.0. The van der Waals surface area contributed by atoms with E-state index in [0.29, 0.717) is 12.1 Å². The van der Waals surface area contributed by atoms with Crippen molar-refractivity contribution in [3.63, 3.8) is 0 Å². The van der Waals surface area contributed by atoms with E-state index >= 15 is 0 Å². The first-order valence-electron chi connectivity index (χ1n) is 6.59. The van der Waals surface area contributed by atoms with Crippen molar-refractivity contribution in [1.29, 1.82) is 0 Å². The molecule has 1 saturated heterocycles. The summed E-state index contributed by atoms with van der Waals surface area (Å²) in [7, 11) is 2.17. The molecule has 96 valence electrons. The van der Waals surface area contributed by atoms with Crippen molar-refractivity contribution in [3.8, 4) is 0 Å². The third-order valence-electron chi connectivity index (χ3n) is 3.73. The summed E-state index contributed by atoms with van der Waals surface area (Å²) in [5.74, 6) is 0. The van der Waals surface area contributed by atoms with Gasteiger partial charge in [-0.25, -0.2) is 4.98 Å². The van der Waals surface area contributed by atoms with Crippen molar-refractivity contribution < 1.29 is 0 Å². The monoisotopic (exact) mass is 236 g/mol. The minimum Gasteiger partial charge on any atom is -0.331 e. The summed E-state index contributed by atoms with van der Waals surface area (Å²) in [5.41, 5.74) is 7.61. The zero-order chi connectivity index (χ0) is 12.4. The van der Waals surface area contributed by atoms with Crippen LogP contribution in [0.25, 0.3) is 0 Å². The normalized spacial score (nSPS) is 27.4. The largest absolute Gasteiger partial charge is 0.331 e. The van der Waals surface area contributed by atoms with Crippen LogP contribution >= 0.6 is 0 Å². The number of nitrogens with zero attached hydrogens (tertiary/aromatic N) is 3. The molecule has 0 bridgehead atoms. The third kappa shape index (κ3) is 2.53. The van der Waals surface area contributed by atoms with Crippen LogP contribution in [0.3, 0.4) is 0 Å². The first-order valence-corrected chi connectivity index (χ1v) is 6.59. The third-order valence-corrected chi connectivity index (χ3v) is 3.73. The number of hydrogen-bond acceptors (Lipinski definition) is 3. The van der Waals surface area contributed by atoms with Crippen LogP contribution in [0.5, 0.6) is 0 Å². The Kier molecular flexibility index (Phi) is 3.84. The maximum absolute atomic E-state index is 6.35. The van der Waals surface area contributed by atoms with Crippen LogP contribution in [-0.2, 0) is 0 Å². The molecule has 0 amide bonds. The zero-order valence-corrected chi connectivity index (χ0v) is 11.1. The molecule has 2 heterocycles. The molecule has 2 unspecified atom stereocenters. The molecule has 2 N–H and O–H groups in total. The van der Waals surface area contributed by atoms with Crippen LogP contribution in [0.4, 0.5) is 0 Å². The lowest BCUT2D eigenvalue weighted by molar-refractivity contribution is 0.218. The molecule has 1 aliphatic heterocycles. The Bertz CT molecular complexity index is 346. The fraction of sp³-hybridized carbons (Fsp3) is 0.769. The molecule has 0 radical (unpaired) electrons. The molecule has 2 rings (SSSR count). The Morgan fingerprint density at radius 1 is 1.41 bits per heavy atom. The van der Waals surface area contributed by atoms with Crippen LogP contribution in [0.1, 0.15) is 50.9 Å². The Morgan fingerprint density at radius 2 is 2.18 bits per heavy atom. The van der Waals surface area contributed by atoms with E-state index in [1.165, 1.54) is 18.5 Å². The van der Waals surface area contributed by atoms with Crippen molar-refractivity contribution in [2.45, 2.75) is 51.2 Å². The maximum atomic E-state index is 6.35. The van der Waals surface area contributed by atoms with Gasteiger partial charge >= 0.3 is 0 Å². The van der Waals surface area contributed by atoms with Gasteiger partial charge < -0.3 is 10.3 Å². The van der Waals surface area contributed by atoms with E-state index in [1.807, 2.05) is 12.5 Å². The molecule has 0 aliphatic carbocycles. The van der Waals surface area contributed by atoms with Crippen LogP contribution in [-0.4, -0.2) is 34.1 Å². The molecule has 0 spiro atoms. The highest BCUT2D eigenvalue weighted by molar-refractivity contribution is 5.10. The van der Waals surface area contributed by atoms with Crippen LogP contribution < -0.4 is 5.73 Å². The molecule has 4 nitrogen and oxygen atoms in total. The number of aromatic nitrogens is 2. The number of nitrogens with two attached hydrogens (primary N) is 1. The summed E-state index contributed by atoms with van der Waals surface area (Å²) in [5, 5.41) is 0. The Hall–Kier alpha value is -0.870. The summed E-state index contributed by atoms with van der Waals surface area (Å²) < 4.78 is 2.24. The van der Waals surface area contributed by atoms with Gasteiger partial charge in [-0.1, -0.05) is 6.42 Å². The molecule has 2 atom stereocenters. The number of rotatable bonds is 2. The van der Waals surface area contributed by atoms with Gasteiger partial charge in [-0.3, -0.25) is 4.90 Å². The van der Waals surface area contributed by atoms with Gasteiger partial charge in [-0.05, 0) is 40.3 Å². The second-order valence-corrected chi connectivity index (χ2v) is 5.40. The Morgan fingerprint density at radius 3 is 2.88 bits per heavy atom. The predicted octanol–water partition coefficient (Wildman–Crippen LogP) is 1.95. The van der Waals surface area contributed by atoms with E-state index < -0.39 is 0 Å². The molecular weight excluding hydrogens is 212 g/mol. The predicted molar refractivity (Wildman–Crippen MR) is 69.8 cm³/mol. The SMILES string of the molecule is CC(C)n1cncc1C1C(N)CCCCN1C. The molecule has 1 aliphatic rings. The van der Waals surface area contributed by atoms with Gasteiger partial charge in [0.15, 0.2) is 0 Å². The molecule has 1 aromatic rings. The smallest absolute Gasteiger partial charge is 0.0951 e. The first kappa shape index (κ1) is 12.6. The summed E-state index contributed by atoms with van der Waals surface area (Å²) in [6.45, 7) is 5.50. The fourth-order valence-electron chi connectivity index (χ4n) is 2.79. The number of imidazole rings is 1. The number of likely N-dealkylation sites (tertiary alicyclic amines) is 1. The standard InChI is InChI=1S/C13H24N4/c1-10(2)17-9-15-8-12(17)13-11(14)6-4-5-7-16(13)3/h8-11,13H,4-7,14H2,1-3H3. The van der Waals surface area contributed by atoms with E-state index in [2.05, 4.69) is 35.3 Å². The summed E-state index contributed by atoms with van der Waals surface area (Å²) in [6.07, 6.45) is 7.49. The van der Waals surface area contributed by atoms with Gasteiger partial charge in [-0.2, -0.15) is 0 Å². The van der Waals surface area contributed by atoms with Gasteiger partial charge in [-0.15, -0.1) is 0 Å². The molecule has 1 aromatic heterocycles. The maximum Gasteiger partial charge on any atom is 0.0951 e. The van der Waals surface area contributed by atoms with Gasteiger partial charge in [0.05, 0.1) is 18.1 Å². The first-order chi connectivity index (χ1) is 8.11. The number of hydrogen-bond donors (Lipinski definition) is 1. The molecule has 4 heteroatoms. The topological polar surface area (TPSA) is 47.1 Å². The summed E-state index contributed by atoms with van der Waals surface area (Å²) in [4.78, 5) is 6.68. The highest BCUT2D eigenvalue weighted by Crippen LogP contribution is 2.29. The highest BCUT2D eigenvalue weighted by Gasteiger charge is 2.29. The van der Waals surface area contributed by atoms with E-state index in [4.69, 9.17) is 5.73 Å². The quantitative estimate of drug-likeness (QED) is 0.853. The van der Waals surface area contributed by atoms with E-state index in [1.54, 1.807) is 0 Å². The summed E-state index contributed by atoms with van der Waals surface area (Å²) in [6, 6.07) is 0.968. The van der Waals surface area contributed by atoms with Crippen LogP contribution in [0.2, 0.25) is 0 Å². The van der Waals surface area contributed by atoms with Gasteiger partial charge in [0, 0.05) is 18.3 Å². The summed E-state index contributed by atoms with van der Waals surface area (Å²) >= 11 is 0. The minimum atomic E-state index is 0.219. The van der Waals surface area contributed by atoms with Crippen molar-refractivity contribution in [2.24, 2.45) is 5.73 Å². The van der Waals surface area contributed by atoms with Gasteiger partial charge in [0.25, 0.3) is 0 Å². The lowest BCUT2D eigenvalue weighted by Crippen LogP contribution is -2.38. The second kappa shape index (κ2) is 5.19. The molecular formula is C13H24N4. The Labute approximate surface area is 104 Å². The Balaban J connectivity index is 2.31. The average molecular weight is 236 g/mol. The molecule has 1 fully saturated rings. The van der Waals surface area contributed by atoms with Crippen LogP contribution in [0.15, 0.2) is 12.5 Å². The molecule has 0 saturated carbocycles.